The molecule has 1 aliphatic rings. The predicted molar refractivity (Wildman–Crippen MR) is 188 cm³/mol. The second-order valence-electron chi connectivity index (χ2n) is 14.4. The van der Waals surface area contributed by atoms with E-state index in [0.29, 0.717) is 32.9 Å². The van der Waals surface area contributed by atoms with Crippen molar-refractivity contribution in [2.24, 2.45) is 0 Å². The van der Waals surface area contributed by atoms with Crippen molar-refractivity contribution in [3.8, 4) is 11.5 Å². The number of phenols is 1. The number of ether oxygens (including phenoxy) is 2. The van der Waals surface area contributed by atoms with Gasteiger partial charge < -0.3 is 19.0 Å². The van der Waals surface area contributed by atoms with Gasteiger partial charge in [-0.3, -0.25) is 25.0 Å². The van der Waals surface area contributed by atoms with Crippen LogP contribution < -0.4 is 4.74 Å². The Hall–Kier alpha value is -3.45. The molecule has 0 bridgehead atoms. The number of benzene rings is 2. The summed E-state index contributed by atoms with van der Waals surface area (Å²) in [5, 5.41) is 31.4. The number of aromatic hydroxyl groups is 1. The number of phenolic OH excluding ortho intramolecular Hbond substituents is 1. The van der Waals surface area contributed by atoms with Gasteiger partial charge in [0.2, 0.25) is 8.32 Å². The molecule has 46 heavy (non-hydrogen) atoms. The van der Waals surface area contributed by atoms with Gasteiger partial charge in [0.05, 0.1) is 39.0 Å². The number of carbonyl (C=O) groups is 1. The van der Waals surface area contributed by atoms with Crippen LogP contribution in [0.1, 0.15) is 93.4 Å². The molecule has 0 saturated carbocycles. The van der Waals surface area contributed by atoms with E-state index in [4.69, 9.17) is 13.9 Å². The van der Waals surface area contributed by atoms with Crippen LogP contribution in [-0.2, 0) is 30.2 Å². The highest BCUT2D eigenvalue weighted by atomic mass is 79.9. The average molecular weight is 728 g/mol. The van der Waals surface area contributed by atoms with Crippen molar-refractivity contribution in [3.05, 3.63) is 77.2 Å². The molecule has 3 rings (SSSR count). The summed E-state index contributed by atoms with van der Waals surface area (Å²) in [6, 6.07) is 5.86. The van der Waals surface area contributed by atoms with Crippen LogP contribution in [0.25, 0.3) is 0 Å². The minimum absolute atomic E-state index is 0. The molecule has 13 heteroatoms. The lowest BCUT2D eigenvalue weighted by Gasteiger charge is -2.21. The van der Waals surface area contributed by atoms with Crippen LogP contribution in [0.4, 0.5) is 11.4 Å². The van der Waals surface area contributed by atoms with E-state index in [1.807, 2.05) is 55.4 Å². The Balaban J connectivity index is 0.000000680. The largest absolute Gasteiger partial charge is 0.520 e. The maximum atomic E-state index is 11.8. The lowest BCUT2D eigenvalue weighted by Crippen LogP contribution is -2.26. The van der Waals surface area contributed by atoms with Crippen LogP contribution in [0.3, 0.4) is 0 Å². The summed E-state index contributed by atoms with van der Waals surface area (Å²) in [7, 11) is 0.154. The molecule has 2 aromatic carbocycles. The standard InChI is InChI=1S/C14H17NO4.C10H12BrNO3.C8H18O2Si.CH4/c1-13(2,3)8-6-9-11(7-10(8)15(17)18)19-12(16)14(9,4)5;1-10(2,3)6-4-7(11)9(13)5-8(6)12(14)15;1-7(2)8(9-3)10-11(4,5)6;/h6-7H,1-5H3;4-5,13H,1-3H3;1-6H3;1H4. The van der Waals surface area contributed by atoms with Crippen molar-refractivity contribution in [2.75, 3.05) is 7.11 Å². The van der Waals surface area contributed by atoms with E-state index < -0.39 is 23.6 Å². The van der Waals surface area contributed by atoms with Gasteiger partial charge in [0, 0.05) is 22.3 Å². The molecule has 0 amide bonds. The second-order valence-corrected chi connectivity index (χ2v) is 19.7. The summed E-state index contributed by atoms with van der Waals surface area (Å²) in [5.74, 6) is 0.497. The minimum Gasteiger partial charge on any atom is -0.520 e. The molecule has 0 radical (unpaired) electrons. The molecule has 0 aliphatic carbocycles. The number of hydrogen-bond donors (Lipinski definition) is 1. The molecule has 258 valence electrons. The third-order valence-electron chi connectivity index (χ3n) is 6.55. The fourth-order valence-corrected chi connectivity index (χ4v) is 5.35. The number of methoxy groups -OCH3 is 1. The molecule has 0 atom stereocenters. The molecule has 0 fully saturated rings. The summed E-state index contributed by atoms with van der Waals surface area (Å²) >= 11 is 3.15. The topological polar surface area (TPSA) is 151 Å². The molecule has 0 spiro atoms. The highest BCUT2D eigenvalue weighted by Gasteiger charge is 2.43. The number of hydrogen-bond acceptors (Lipinski definition) is 9. The SMILES string of the molecule is C.CC(C)(C)c1cc(Br)c(O)cc1[N+](=O)[O-].CC(C)(C)c1cc2c(cc1[N+](=O)[O-])OC(=O)C2(C)C.COC(O[Si](C)(C)C)=C(C)C. The average Bonchev–Trinajstić information content (AvgIpc) is 3.09. The van der Waals surface area contributed by atoms with Crippen molar-refractivity contribution in [1.82, 2.24) is 0 Å². The summed E-state index contributed by atoms with van der Waals surface area (Å²) in [5.41, 5.74) is 1.49. The third-order valence-corrected chi connectivity index (χ3v) is 7.98. The Morgan fingerprint density at radius 3 is 1.70 bits per heavy atom. The molecule has 1 N–H and O–H groups in total. The normalized spacial score (nSPS) is 13.3. The zero-order valence-electron chi connectivity index (χ0n) is 28.8. The number of fused-ring (bicyclic) bond motifs is 1. The number of rotatable bonds is 5. The predicted octanol–water partition coefficient (Wildman–Crippen LogP) is 9.82. The highest BCUT2D eigenvalue weighted by molar-refractivity contribution is 9.10. The molecule has 0 aromatic heterocycles. The van der Waals surface area contributed by atoms with Crippen LogP contribution >= 0.6 is 15.9 Å². The molecule has 1 aliphatic heterocycles. The summed E-state index contributed by atoms with van der Waals surface area (Å²) < 4.78 is 16.3. The first kappa shape index (κ1) is 42.5. The van der Waals surface area contributed by atoms with Gasteiger partial charge in [-0.25, -0.2) is 0 Å². The Labute approximate surface area is 282 Å². The van der Waals surface area contributed by atoms with Gasteiger partial charge in [-0.05, 0) is 86.2 Å². The second kappa shape index (κ2) is 15.4. The highest BCUT2D eigenvalue weighted by Crippen LogP contribution is 2.45. The summed E-state index contributed by atoms with van der Waals surface area (Å²) in [6.07, 6.45) is 0. The van der Waals surface area contributed by atoms with Crippen molar-refractivity contribution >= 4 is 41.6 Å². The first-order chi connectivity index (χ1) is 20.1. The molecule has 0 saturated heterocycles. The number of esters is 1. The molecule has 2 aromatic rings. The smallest absolute Gasteiger partial charge is 0.321 e. The maximum Gasteiger partial charge on any atom is 0.321 e. The van der Waals surface area contributed by atoms with Crippen LogP contribution in [0.2, 0.25) is 19.6 Å². The van der Waals surface area contributed by atoms with Crippen LogP contribution in [0.15, 0.2) is 40.3 Å². The molecular formula is C33H51BrN2O9Si. The Morgan fingerprint density at radius 1 is 0.913 bits per heavy atom. The van der Waals surface area contributed by atoms with Gasteiger partial charge in [-0.1, -0.05) is 49.0 Å². The van der Waals surface area contributed by atoms with E-state index in [9.17, 15) is 30.1 Å². The quantitative estimate of drug-likeness (QED) is 0.0792. The number of carbonyl (C=O) groups excluding carboxylic acids is 1. The van der Waals surface area contributed by atoms with Gasteiger partial charge in [0.1, 0.15) is 11.5 Å². The van der Waals surface area contributed by atoms with Gasteiger partial charge >= 0.3 is 5.97 Å². The molecule has 0 unspecified atom stereocenters. The van der Waals surface area contributed by atoms with Gasteiger partial charge in [-0.15, -0.1) is 0 Å². The van der Waals surface area contributed by atoms with Crippen molar-refractivity contribution < 1.29 is 33.6 Å². The van der Waals surface area contributed by atoms with E-state index in [0.717, 1.165) is 5.57 Å². The maximum absolute atomic E-state index is 11.8. The number of nitro groups is 2. The third kappa shape index (κ3) is 11.1. The molecule has 1 heterocycles. The van der Waals surface area contributed by atoms with Crippen LogP contribution in [-0.4, -0.2) is 36.3 Å². The lowest BCUT2D eigenvalue weighted by molar-refractivity contribution is -0.386. The van der Waals surface area contributed by atoms with Gasteiger partial charge in [0.25, 0.3) is 17.3 Å². The molecular weight excluding hydrogens is 676 g/mol. The zero-order chi connectivity index (χ0) is 35.5. The number of nitrogens with zero attached hydrogens (tertiary/aromatic N) is 2. The Morgan fingerprint density at radius 2 is 1.35 bits per heavy atom. The van der Waals surface area contributed by atoms with Gasteiger partial charge in [-0.2, -0.15) is 0 Å². The van der Waals surface area contributed by atoms with E-state index in [2.05, 4.69) is 35.6 Å². The zero-order valence-corrected chi connectivity index (χ0v) is 31.4. The van der Waals surface area contributed by atoms with E-state index in [1.54, 1.807) is 33.1 Å². The van der Waals surface area contributed by atoms with Crippen molar-refractivity contribution in [3.63, 3.8) is 0 Å². The van der Waals surface area contributed by atoms with E-state index in [1.165, 1.54) is 12.1 Å². The van der Waals surface area contributed by atoms with Crippen molar-refractivity contribution in [2.45, 2.75) is 113 Å². The van der Waals surface area contributed by atoms with E-state index in [-0.39, 0.29) is 41.4 Å². The monoisotopic (exact) mass is 726 g/mol. The Bertz CT molecular complexity index is 1480. The minimum atomic E-state index is -1.49. The summed E-state index contributed by atoms with van der Waals surface area (Å²) in [4.78, 5) is 32.9. The Kier molecular flexibility index (Phi) is 14.3. The van der Waals surface area contributed by atoms with Gasteiger partial charge in [0.15, 0.2) is 0 Å². The van der Waals surface area contributed by atoms with Crippen LogP contribution in [0.5, 0.6) is 11.5 Å². The molecule has 11 nitrogen and oxygen atoms in total. The fraction of sp³-hybridized carbons (Fsp3) is 0.545. The lowest BCUT2D eigenvalue weighted by atomic mass is 9.79. The fourth-order valence-electron chi connectivity index (χ4n) is 4.16. The van der Waals surface area contributed by atoms with E-state index >= 15 is 0 Å². The first-order valence-corrected chi connectivity index (χ1v) is 18.5. The number of nitro benzene ring substituents is 2. The summed E-state index contributed by atoms with van der Waals surface area (Å²) in [6.45, 7) is 25.3. The number of allylic oxidation sites excluding steroid dienone is 1. The first-order valence-electron chi connectivity index (χ1n) is 14.3. The van der Waals surface area contributed by atoms with Crippen molar-refractivity contribution in [1.29, 1.82) is 0 Å². The number of halogens is 1. The van der Waals surface area contributed by atoms with Crippen LogP contribution in [0, 0.1) is 20.2 Å².